The summed E-state index contributed by atoms with van der Waals surface area (Å²) >= 11 is 0. The Bertz CT molecular complexity index is 1070. The number of ether oxygens (including phenoxy) is 1. The van der Waals surface area contributed by atoms with Gasteiger partial charge in [0.15, 0.2) is 0 Å². The first kappa shape index (κ1) is 17.7. The van der Waals surface area contributed by atoms with Crippen LogP contribution >= 0.6 is 0 Å². The largest absolute Gasteiger partial charge is 0.492 e. The molecule has 140 valence electrons. The zero-order chi connectivity index (χ0) is 19.5. The molecule has 0 spiro atoms. The van der Waals surface area contributed by atoms with Crippen molar-refractivity contribution < 1.29 is 24.6 Å². The van der Waals surface area contributed by atoms with Crippen LogP contribution in [-0.4, -0.2) is 27.5 Å². The monoisotopic (exact) mass is 375 g/mol. The molecule has 1 aliphatic carbocycles. The third kappa shape index (κ3) is 3.56. The van der Waals surface area contributed by atoms with Crippen molar-refractivity contribution in [2.75, 3.05) is 6.61 Å². The Kier molecular flexibility index (Phi) is 4.75. The molecule has 0 radical (unpaired) electrons. The van der Waals surface area contributed by atoms with Crippen LogP contribution in [0.2, 0.25) is 0 Å². The number of carbonyl (C=O) groups excluding carboxylic acids is 1. The maximum absolute atomic E-state index is 12.2. The zero-order valence-corrected chi connectivity index (χ0v) is 14.8. The Morgan fingerprint density at radius 1 is 0.964 bits per heavy atom. The molecule has 1 unspecified atom stereocenters. The summed E-state index contributed by atoms with van der Waals surface area (Å²) in [4.78, 5) is 17.1. The Labute approximate surface area is 161 Å². The van der Waals surface area contributed by atoms with Crippen LogP contribution in [0.1, 0.15) is 28.4 Å². The van der Waals surface area contributed by atoms with Crippen molar-refractivity contribution in [3.63, 3.8) is 0 Å². The molecule has 1 aromatic heterocycles. The highest BCUT2D eigenvalue weighted by atomic mass is 16.7. The van der Waals surface area contributed by atoms with Gasteiger partial charge in [0.1, 0.15) is 6.61 Å². The molecule has 28 heavy (non-hydrogen) atoms. The minimum atomic E-state index is -0.749. The highest BCUT2D eigenvalue weighted by molar-refractivity contribution is 5.71. The van der Waals surface area contributed by atoms with E-state index in [-0.39, 0.29) is 18.4 Å². The average Bonchev–Trinajstić information content (AvgIpc) is 3.01. The topological polar surface area (TPSA) is 80.9 Å². The lowest BCUT2D eigenvalue weighted by atomic mass is 9.92. The molecule has 1 atom stereocenters. The molecule has 0 saturated carbocycles. The van der Waals surface area contributed by atoms with Crippen molar-refractivity contribution in [3.8, 4) is 23.6 Å². The van der Waals surface area contributed by atoms with Crippen LogP contribution in [-0.2, 0) is 16.0 Å². The fraction of sp³-hybridized carbons (Fsp3) is 0.136. The molecule has 1 heterocycles. The third-order valence-corrected chi connectivity index (χ3v) is 4.46. The van der Waals surface area contributed by atoms with Crippen molar-refractivity contribution in [3.05, 3.63) is 82.9 Å². The Hall–Kier alpha value is -3.69. The number of carbonyl (C=O) groups is 1. The lowest BCUT2D eigenvalue weighted by Gasteiger charge is -2.21. The summed E-state index contributed by atoms with van der Waals surface area (Å²) in [5.74, 6) is 4.85. The van der Waals surface area contributed by atoms with Crippen LogP contribution in [0.15, 0.2) is 60.7 Å². The maximum atomic E-state index is 12.2. The highest BCUT2D eigenvalue weighted by Gasteiger charge is 2.21. The molecular weight excluding hydrogens is 358 g/mol. The van der Waals surface area contributed by atoms with Gasteiger partial charge < -0.3 is 19.8 Å². The van der Waals surface area contributed by atoms with Crippen LogP contribution < -0.4 is 4.84 Å². The molecule has 0 amide bonds. The van der Waals surface area contributed by atoms with Crippen LogP contribution in [0.25, 0.3) is 0 Å². The van der Waals surface area contributed by atoms with Gasteiger partial charge in [-0.25, -0.2) is 4.79 Å². The standard InChI is InChI=1S/C22H17NO5/c24-20-11-12-21(25)23(20)28-22(26)14-27-19-13-17-7-2-1-5-15(17)9-10-16-6-3-4-8-18(16)19/h1-8,11-12,19,24-25H,13-14H2. The molecule has 4 rings (SSSR count). The minimum absolute atomic E-state index is 0.355. The SMILES string of the molecule is O=C(COC1Cc2ccccc2C#Cc2ccccc21)On1c(O)ccc1O. The van der Waals surface area contributed by atoms with Crippen molar-refractivity contribution >= 4 is 5.97 Å². The molecule has 0 bridgehead atoms. The zero-order valence-electron chi connectivity index (χ0n) is 14.8. The minimum Gasteiger partial charge on any atom is -0.492 e. The second-order valence-corrected chi connectivity index (χ2v) is 6.31. The lowest BCUT2D eigenvalue weighted by Crippen LogP contribution is -2.25. The number of fused-ring (bicyclic) bond motifs is 2. The number of hydrogen-bond acceptors (Lipinski definition) is 5. The summed E-state index contributed by atoms with van der Waals surface area (Å²) in [7, 11) is 0. The van der Waals surface area contributed by atoms with Crippen molar-refractivity contribution in [2.24, 2.45) is 0 Å². The lowest BCUT2D eigenvalue weighted by molar-refractivity contribution is -0.153. The van der Waals surface area contributed by atoms with E-state index in [4.69, 9.17) is 9.57 Å². The summed E-state index contributed by atoms with van der Waals surface area (Å²) in [5.41, 5.74) is 3.69. The first-order chi connectivity index (χ1) is 13.6. The first-order valence-corrected chi connectivity index (χ1v) is 8.73. The normalized spacial score (nSPS) is 14.6. The quantitative estimate of drug-likeness (QED) is 0.685. The van der Waals surface area contributed by atoms with E-state index in [9.17, 15) is 15.0 Å². The van der Waals surface area contributed by atoms with Gasteiger partial charge in [0.2, 0.25) is 11.8 Å². The summed E-state index contributed by atoms with van der Waals surface area (Å²) < 4.78 is 6.51. The number of rotatable bonds is 4. The second-order valence-electron chi connectivity index (χ2n) is 6.31. The second kappa shape index (κ2) is 7.51. The fourth-order valence-corrected chi connectivity index (χ4v) is 3.10. The van der Waals surface area contributed by atoms with Crippen molar-refractivity contribution in [1.29, 1.82) is 0 Å². The van der Waals surface area contributed by atoms with E-state index in [1.807, 2.05) is 48.5 Å². The van der Waals surface area contributed by atoms with Crippen molar-refractivity contribution in [2.45, 2.75) is 12.5 Å². The van der Waals surface area contributed by atoms with Gasteiger partial charge in [0.05, 0.1) is 6.10 Å². The Morgan fingerprint density at radius 2 is 1.61 bits per heavy atom. The summed E-state index contributed by atoms with van der Waals surface area (Å²) in [5, 5.41) is 19.1. The molecule has 2 aromatic carbocycles. The van der Waals surface area contributed by atoms with Gasteiger partial charge in [-0.2, -0.15) is 0 Å². The van der Waals surface area contributed by atoms with Gasteiger partial charge in [-0.1, -0.05) is 48.2 Å². The Morgan fingerprint density at radius 3 is 2.39 bits per heavy atom. The summed E-state index contributed by atoms with van der Waals surface area (Å²) in [6.07, 6.45) is 0.154. The molecule has 0 saturated heterocycles. The molecule has 0 fully saturated rings. The molecule has 1 aliphatic rings. The predicted octanol–water partition coefficient (Wildman–Crippen LogP) is 2.57. The van der Waals surface area contributed by atoms with Gasteiger partial charge in [-0.05, 0) is 23.3 Å². The van der Waals surface area contributed by atoms with E-state index in [0.717, 1.165) is 22.3 Å². The van der Waals surface area contributed by atoms with E-state index >= 15 is 0 Å². The summed E-state index contributed by atoms with van der Waals surface area (Å²) in [6.45, 7) is -0.355. The van der Waals surface area contributed by atoms with Gasteiger partial charge in [0, 0.05) is 29.7 Å². The van der Waals surface area contributed by atoms with Gasteiger partial charge in [-0.3, -0.25) is 0 Å². The van der Waals surface area contributed by atoms with E-state index < -0.39 is 12.1 Å². The van der Waals surface area contributed by atoms with E-state index in [0.29, 0.717) is 11.2 Å². The number of aromatic nitrogens is 1. The number of aromatic hydroxyl groups is 2. The molecule has 6 heteroatoms. The van der Waals surface area contributed by atoms with Gasteiger partial charge in [-0.15, -0.1) is 4.73 Å². The van der Waals surface area contributed by atoms with Crippen LogP contribution in [0.3, 0.4) is 0 Å². The van der Waals surface area contributed by atoms with Crippen molar-refractivity contribution in [1.82, 2.24) is 4.73 Å². The van der Waals surface area contributed by atoms with Gasteiger partial charge >= 0.3 is 5.97 Å². The van der Waals surface area contributed by atoms with Crippen LogP contribution in [0.5, 0.6) is 11.8 Å². The smallest absolute Gasteiger partial charge is 0.358 e. The molecule has 0 aliphatic heterocycles. The van der Waals surface area contributed by atoms with Crippen LogP contribution in [0.4, 0.5) is 0 Å². The number of benzene rings is 2. The van der Waals surface area contributed by atoms with Crippen LogP contribution in [0, 0.1) is 11.8 Å². The van der Waals surface area contributed by atoms with Gasteiger partial charge in [0.25, 0.3) is 0 Å². The number of hydrogen-bond donors (Lipinski definition) is 2. The molecular formula is C22H17NO5. The molecule has 3 aromatic rings. The van der Waals surface area contributed by atoms with E-state index in [1.165, 1.54) is 12.1 Å². The maximum Gasteiger partial charge on any atom is 0.358 e. The fourth-order valence-electron chi connectivity index (χ4n) is 3.10. The Balaban J connectivity index is 1.55. The predicted molar refractivity (Wildman–Crippen MR) is 101 cm³/mol. The average molecular weight is 375 g/mol. The third-order valence-electron chi connectivity index (χ3n) is 4.46. The number of nitrogens with zero attached hydrogens (tertiary/aromatic N) is 1. The summed E-state index contributed by atoms with van der Waals surface area (Å²) in [6, 6.07) is 17.9. The molecule has 6 nitrogen and oxygen atoms in total. The highest BCUT2D eigenvalue weighted by Crippen LogP contribution is 2.28. The first-order valence-electron chi connectivity index (χ1n) is 8.73. The molecule has 2 N–H and O–H groups in total. The van der Waals surface area contributed by atoms with E-state index in [2.05, 4.69) is 11.8 Å². The van der Waals surface area contributed by atoms with E-state index in [1.54, 1.807) is 0 Å².